The van der Waals surface area contributed by atoms with Crippen molar-refractivity contribution in [3.63, 3.8) is 0 Å². The highest BCUT2D eigenvalue weighted by molar-refractivity contribution is 9.10. The molecule has 0 fully saturated rings. The zero-order valence-electron chi connectivity index (χ0n) is 19.4. The summed E-state index contributed by atoms with van der Waals surface area (Å²) in [6.07, 6.45) is -6.73. The van der Waals surface area contributed by atoms with E-state index in [-0.39, 0.29) is 37.1 Å². The number of halogens is 10. The molecule has 2 aromatic carbocycles. The highest BCUT2D eigenvalue weighted by Gasteiger charge is 2.39. The van der Waals surface area contributed by atoms with Gasteiger partial charge in [0.25, 0.3) is 5.91 Å². The molecule has 2 amide bonds. The van der Waals surface area contributed by atoms with Crippen molar-refractivity contribution in [1.29, 1.82) is 0 Å². The average Bonchev–Trinajstić information content (AvgIpc) is 2.79. The smallest absolute Gasteiger partial charge is 0.345 e. The molecule has 0 saturated carbocycles. The normalized spacial score (nSPS) is 13.9. The van der Waals surface area contributed by atoms with Crippen LogP contribution < -0.4 is 10.6 Å². The van der Waals surface area contributed by atoms with Crippen LogP contribution in [-0.2, 0) is 4.79 Å². The number of allylic oxidation sites excluding steroid dienone is 1. The van der Waals surface area contributed by atoms with E-state index < -0.39 is 42.7 Å². The molecule has 0 saturated heterocycles. The van der Waals surface area contributed by atoms with E-state index in [1.54, 1.807) is 12.2 Å². The molecule has 0 aliphatic rings. The Morgan fingerprint density at radius 2 is 1.63 bits per heavy atom. The molecule has 0 bridgehead atoms. The summed E-state index contributed by atoms with van der Waals surface area (Å²) in [4.78, 5) is 24.8. The van der Waals surface area contributed by atoms with Crippen LogP contribution in [0, 0.1) is 0 Å². The fraction of sp³-hybridized carbons (Fsp3) is 0.333. The topological polar surface area (TPSA) is 58.2 Å². The Morgan fingerprint density at radius 3 is 2.13 bits per heavy atom. The number of rotatable bonds is 9. The Bertz CT molecular complexity index is 1180. The minimum Gasteiger partial charge on any atom is -0.345 e. The maximum atomic E-state index is 13.8. The molecule has 4 nitrogen and oxygen atoms in total. The van der Waals surface area contributed by atoms with Gasteiger partial charge < -0.3 is 10.6 Å². The first-order chi connectivity index (χ1) is 17.5. The van der Waals surface area contributed by atoms with E-state index in [0.29, 0.717) is 12.0 Å². The number of carbonyl (C=O) groups is 2. The van der Waals surface area contributed by atoms with Crippen LogP contribution in [0.3, 0.4) is 0 Å². The molecule has 0 aromatic heterocycles. The predicted molar refractivity (Wildman–Crippen MR) is 139 cm³/mol. The summed E-state index contributed by atoms with van der Waals surface area (Å²) in [5, 5.41) is 3.78. The molecule has 38 heavy (non-hydrogen) atoms. The molecular formula is C24H20BrCl3F6N2O2. The second kappa shape index (κ2) is 13.4. The molecule has 0 radical (unpaired) electrons. The van der Waals surface area contributed by atoms with Gasteiger partial charge in [-0.1, -0.05) is 66.4 Å². The lowest BCUT2D eigenvalue weighted by Gasteiger charge is -2.19. The lowest BCUT2D eigenvalue weighted by atomic mass is 9.97. The number of alkyl halides is 6. The molecule has 0 spiro atoms. The standard InChI is InChI=1S/C24H20BrCl3F6N2O2/c1-2-3-19(22(38)35-11-23(29,30)31)36-21(37)14-6-4-12(8-16(14)25)5-7-15(24(32,33)34)13-9-17(26)20(28)18(27)10-13/h4-10,15,19H,2-3,11H2,1H3,(H,35,38)(H,36,37)/b7-5+/t15?,19-/m1/s1. The summed E-state index contributed by atoms with van der Waals surface area (Å²) in [6.45, 7) is 0.146. The first kappa shape index (κ1) is 32.3. The van der Waals surface area contributed by atoms with E-state index in [1.807, 2.05) is 0 Å². The van der Waals surface area contributed by atoms with E-state index >= 15 is 0 Å². The molecule has 2 aromatic rings. The average molecular weight is 669 g/mol. The first-order valence-corrected chi connectivity index (χ1v) is 12.8. The van der Waals surface area contributed by atoms with Crippen LogP contribution in [0.4, 0.5) is 26.3 Å². The van der Waals surface area contributed by atoms with E-state index in [4.69, 9.17) is 34.8 Å². The van der Waals surface area contributed by atoms with E-state index in [9.17, 15) is 35.9 Å². The van der Waals surface area contributed by atoms with Crippen molar-refractivity contribution in [3.05, 3.63) is 72.6 Å². The zero-order chi connectivity index (χ0) is 28.8. The van der Waals surface area contributed by atoms with Crippen molar-refractivity contribution in [2.75, 3.05) is 6.54 Å². The highest BCUT2D eigenvalue weighted by atomic mass is 79.9. The summed E-state index contributed by atoms with van der Waals surface area (Å²) < 4.78 is 78.7. The third-order valence-corrected chi connectivity index (χ3v) is 6.95. The number of benzene rings is 2. The zero-order valence-corrected chi connectivity index (χ0v) is 23.3. The Kier molecular flexibility index (Phi) is 11.4. The molecule has 2 N–H and O–H groups in total. The van der Waals surface area contributed by atoms with E-state index in [1.165, 1.54) is 24.3 Å². The van der Waals surface area contributed by atoms with E-state index in [2.05, 4.69) is 21.2 Å². The van der Waals surface area contributed by atoms with Crippen LogP contribution in [0.5, 0.6) is 0 Å². The van der Waals surface area contributed by atoms with Gasteiger partial charge in [0.15, 0.2) is 0 Å². The van der Waals surface area contributed by atoms with Crippen molar-refractivity contribution in [2.24, 2.45) is 0 Å². The maximum absolute atomic E-state index is 13.8. The molecule has 14 heteroatoms. The number of hydrogen-bond acceptors (Lipinski definition) is 2. The van der Waals surface area contributed by atoms with Crippen molar-refractivity contribution < 1.29 is 35.9 Å². The maximum Gasteiger partial charge on any atom is 0.405 e. The van der Waals surface area contributed by atoms with Gasteiger partial charge in [0.1, 0.15) is 12.6 Å². The van der Waals surface area contributed by atoms with Crippen molar-refractivity contribution >= 4 is 68.6 Å². The fourth-order valence-electron chi connectivity index (χ4n) is 3.29. The van der Waals surface area contributed by atoms with Crippen LogP contribution in [0.15, 0.2) is 40.9 Å². The van der Waals surface area contributed by atoms with E-state index in [0.717, 1.165) is 18.2 Å². The van der Waals surface area contributed by atoms with Gasteiger partial charge in [-0.3, -0.25) is 9.59 Å². The van der Waals surface area contributed by atoms with Gasteiger partial charge >= 0.3 is 12.4 Å². The van der Waals surface area contributed by atoms with Gasteiger partial charge in [-0.25, -0.2) is 0 Å². The Labute approximate surface area is 237 Å². The van der Waals surface area contributed by atoms with Crippen molar-refractivity contribution in [2.45, 2.75) is 44.1 Å². The molecule has 1 unspecified atom stereocenters. The molecule has 0 heterocycles. The minimum atomic E-state index is -4.69. The Morgan fingerprint density at radius 1 is 1.03 bits per heavy atom. The highest BCUT2D eigenvalue weighted by Crippen LogP contribution is 2.41. The second-order valence-corrected chi connectivity index (χ2v) is 10.1. The molecular weight excluding hydrogens is 649 g/mol. The van der Waals surface area contributed by atoms with Crippen molar-refractivity contribution in [1.82, 2.24) is 10.6 Å². The largest absolute Gasteiger partial charge is 0.405 e. The lowest BCUT2D eigenvalue weighted by molar-refractivity contribution is -0.139. The van der Waals surface area contributed by atoms with Crippen LogP contribution in [-0.4, -0.2) is 36.8 Å². The van der Waals surface area contributed by atoms with Gasteiger partial charge in [0.05, 0.1) is 26.5 Å². The quantitative estimate of drug-likeness (QED) is 0.209. The third kappa shape index (κ3) is 9.36. The number of amides is 2. The number of nitrogens with one attached hydrogen (secondary N) is 2. The SMILES string of the molecule is CCC[C@@H](NC(=O)c1ccc(/C=C/C(c2cc(Cl)c(Cl)c(Cl)c2)C(F)(F)F)cc1Br)C(=O)NCC(F)(F)F. The predicted octanol–water partition coefficient (Wildman–Crippen LogP) is 8.35. The van der Waals surface area contributed by atoms with Gasteiger partial charge in [0.2, 0.25) is 5.91 Å². The monoisotopic (exact) mass is 666 g/mol. The minimum absolute atomic E-state index is 0.0236. The first-order valence-electron chi connectivity index (χ1n) is 10.9. The Hall–Kier alpha value is -1.95. The third-order valence-electron chi connectivity index (χ3n) is 5.10. The number of hydrogen-bond donors (Lipinski definition) is 2. The van der Waals surface area contributed by atoms with Gasteiger partial charge in [0, 0.05) is 4.47 Å². The second-order valence-electron chi connectivity index (χ2n) is 8.06. The van der Waals surface area contributed by atoms with Crippen LogP contribution in [0.2, 0.25) is 15.1 Å². The van der Waals surface area contributed by atoms with Gasteiger partial charge in [-0.15, -0.1) is 0 Å². The van der Waals surface area contributed by atoms with Crippen LogP contribution >= 0.6 is 50.7 Å². The van der Waals surface area contributed by atoms with Gasteiger partial charge in [-0.2, -0.15) is 26.3 Å². The summed E-state index contributed by atoms with van der Waals surface area (Å²) in [7, 11) is 0. The molecule has 2 atom stereocenters. The molecule has 0 aliphatic carbocycles. The summed E-state index contributed by atoms with van der Waals surface area (Å²) in [5.41, 5.74) is 0.0892. The molecule has 2 rings (SSSR count). The summed E-state index contributed by atoms with van der Waals surface area (Å²) in [5.74, 6) is -3.82. The van der Waals surface area contributed by atoms with Gasteiger partial charge in [-0.05, 0) is 57.7 Å². The molecule has 0 aliphatic heterocycles. The summed E-state index contributed by atoms with van der Waals surface area (Å²) >= 11 is 20.8. The lowest BCUT2D eigenvalue weighted by Crippen LogP contribution is -2.48. The summed E-state index contributed by atoms with van der Waals surface area (Å²) in [6, 6.07) is 4.96. The van der Waals surface area contributed by atoms with Crippen molar-refractivity contribution in [3.8, 4) is 0 Å². The Balaban J connectivity index is 2.24. The van der Waals surface area contributed by atoms with Crippen LogP contribution in [0.1, 0.15) is 47.2 Å². The number of carbonyl (C=O) groups excluding carboxylic acids is 2. The molecule has 208 valence electrons. The fourth-order valence-corrected chi connectivity index (χ4v) is 4.48. The van der Waals surface area contributed by atoms with Crippen LogP contribution in [0.25, 0.3) is 6.08 Å².